The van der Waals surface area contributed by atoms with Crippen molar-refractivity contribution in [3.8, 4) is 5.75 Å². The largest absolute Gasteiger partial charge is 0.482 e. The summed E-state index contributed by atoms with van der Waals surface area (Å²) in [6, 6.07) is 13.4. The fraction of sp³-hybridized carbons (Fsp3) is 0.188. The number of ether oxygens (including phenoxy) is 1. The molecule has 1 heterocycles. The van der Waals surface area contributed by atoms with Gasteiger partial charge in [0.1, 0.15) is 5.75 Å². The van der Waals surface area contributed by atoms with Gasteiger partial charge in [-0.15, -0.1) is 0 Å². The van der Waals surface area contributed by atoms with E-state index in [2.05, 4.69) is 10.6 Å². The highest BCUT2D eigenvalue weighted by Gasteiger charge is 2.17. The van der Waals surface area contributed by atoms with Crippen LogP contribution in [0, 0.1) is 0 Å². The molecule has 108 valence electrons. The van der Waals surface area contributed by atoms with Gasteiger partial charge in [-0.2, -0.15) is 0 Å². The Bertz CT molecular complexity index is 688. The van der Waals surface area contributed by atoms with Crippen LogP contribution in [0.15, 0.2) is 42.5 Å². The third-order valence-corrected chi connectivity index (χ3v) is 3.58. The molecule has 0 fully saturated rings. The first-order valence-corrected chi connectivity index (χ1v) is 7.08. The van der Waals surface area contributed by atoms with E-state index in [0.29, 0.717) is 16.5 Å². The number of carbonyl (C=O) groups excluding carboxylic acids is 1. The quantitative estimate of drug-likeness (QED) is 0.905. The Hall–Kier alpha value is -2.20. The lowest BCUT2D eigenvalue weighted by Gasteiger charge is -2.21. The van der Waals surface area contributed by atoms with E-state index in [1.807, 2.05) is 49.4 Å². The van der Waals surface area contributed by atoms with Crippen molar-refractivity contribution in [2.24, 2.45) is 0 Å². The number of anilines is 2. The maximum absolute atomic E-state index is 11.4. The average molecular weight is 303 g/mol. The summed E-state index contributed by atoms with van der Waals surface area (Å²) in [7, 11) is 0. The summed E-state index contributed by atoms with van der Waals surface area (Å²) in [6.45, 7) is 2.12. The zero-order valence-electron chi connectivity index (χ0n) is 11.5. The number of fused-ring (bicyclic) bond motifs is 1. The first-order valence-electron chi connectivity index (χ1n) is 6.70. The van der Waals surface area contributed by atoms with Crippen molar-refractivity contribution in [2.75, 3.05) is 17.2 Å². The van der Waals surface area contributed by atoms with Crippen LogP contribution < -0.4 is 15.4 Å². The molecule has 2 aromatic rings. The van der Waals surface area contributed by atoms with Gasteiger partial charge in [0.2, 0.25) is 0 Å². The van der Waals surface area contributed by atoms with Crippen LogP contribution in [-0.4, -0.2) is 12.5 Å². The Labute approximate surface area is 128 Å². The fourth-order valence-electron chi connectivity index (χ4n) is 2.28. The van der Waals surface area contributed by atoms with Crippen LogP contribution in [0.1, 0.15) is 18.5 Å². The van der Waals surface area contributed by atoms with E-state index in [0.717, 1.165) is 11.3 Å². The van der Waals surface area contributed by atoms with Gasteiger partial charge in [0.15, 0.2) is 6.61 Å². The number of amides is 1. The summed E-state index contributed by atoms with van der Waals surface area (Å²) in [4.78, 5) is 11.4. The summed E-state index contributed by atoms with van der Waals surface area (Å²) >= 11 is 5.98. The first kappa shape index (κ1) is 13.8. The van der Waals surface area contributed by atoms with Crippen molar-refractivity contribution in [1.29, 1.82) is 0 Å². The van der Waals surface area contributed by atoms with E-state index in [1.54, 1.807) is 0 Å². The Morgan fingerprint density at radius 3 is 2.95 bits per heavy atom. The van der Waals surface area contributed by atoms with Crippen LogP contribution >= 0.6 is 11.6 Å². The maximum atomic E-state index is 11.4. The van der Waals surface area contributed by atoms with Crippen LogP contribution in [-0.2, 0) is 4.79 Å². The predicted octanol–water partition coefficient (Wildman–Crippen LogP) is 3.84. The average Bonchev–Trinajstić information content (AvgIpc) is 2.46. The Morgan fingerprint density at radius 2 is 2.14 bits per heavy atom. The Kier molecular flexibility index (Phi) is 3.71. The minimum absolute atomic E-state index is 0.0721. The first-order chi connectivity index (χ1) is 10.1. The molecule has 0 aliphatic carbocycles. The number of nitrogens with one attached hydrogen (secondary N) is 2. The highest BCUT2D eigenvalue weighted by molar-refractivity contribution is 6.30. The number of rotatable bonds is 3. The van der Waals surface area contributed by atoms with Crippen molar-refractivity contribution < 1.29 is 9.53 Å². The second kappa shape index (κ2) is 5.66. The smallest absolute Gasteiger partial charge is 0.262 e. The molecule has 2 aromatic carbocycles. The molecule has 3 rings (SSSR count). The van der Waals surface area contributed by atoms with Crippen LogP contribution in [0.3, 0.4) is 0 Å². The molecule has 21 heavy (non-hydrogen) atoms. The second-order valence-electron chi connectivity index (χ2n) is 4.97. The predicted molar refractivity (Wildman–Crippen MR) is 84.1 cm³/mol. The number of hydrogen-bond acceptors (Lipinski definition) is 3. The van der Waals surface area contributed by atoms with Crippen LogP contribution in [0.5, 0.6) is 5.75 Å². The van der Waals surface area contributed by atoms with E-state index >= 15 is 0 Å². The standard InChI is InChI=1S/C16H15ClN2O2/c1-10(18-13-4-2-3-12(17)8-13)11-5-6-15-14(7-11)19-16(20)9-21-15/h2-8,10,18H,9H2,1H3,(H,19,20). The molecular weight excluding hydrogens is 288 g/mol. The summed E-state index contributed by atoms with van der Waals surface area (Å²) in [6.07, 6.45) is 0. The normalized spacial score (nSPS) is 14.7. The number of benzene rings is 2. The molecule has 2 N–H and O–H groups in total. The molecule has 0 radical (unpaired) electrons. The lowest BCUT2D eigenvalue weighted by atomic mass is 10.1. The van der Waals surface area contributed by atoms with E-state index < -0.39 is 0 Å². The lowest BCUT2D eigenvalue weighted by Crippen LogP contribution is -2.25. The molecule has 5 heteroatoms. The third-order valence-electron chi connectivity index (χ3n) is 3.34. The van der Waals surface area contributed by atoms with Crippen molar-refractivity contribution in [3.63, 3.8) is 0 Å². The summed E-state index contributed by atoms with van der Waals surface area (Å²) in [5.41, 5.74) is 2.72. The maximum Gasteiger partial charge on any atom is 0.262 e. The van der Waals surface area contributed by atoms with Crippen molar-refractivity contribution in [3.05, 3.63) is 53.1 Å². The van der Waals surface area contributed by atoms with E-state index in [9.17, 15) is 4.79 Å². The zero-order chi connectivity index (χ0) is 14.8. The molecule has 4 nitrogen and oxygen atoms in total. The van der Waals surface area contributed by atoms with Gasteiger partial charge in [-0.25, -0.2) is 0 Å². The highest BCUT2D eigenvalue weighted by Crippen LogP contribution is 2.31. The number of hydrogen-bond donors (Lipinski definition) is 2. The number of halogens is 1. The summed E-state index contributed by atoms with van der Waals surface area (Å²) < 4.78 is 5.35. The number of carbonyl (C=O) groups is 1. The second-order valence-corrected chi connectivity index (χ2v) is 5.41. The Morgan fingerprint density at radius 1 is 1.29 bits per heavy atom. The van der Waals surface area contributed by atoms with E-state index in [1.165, 1.54) is 0 Å². The topological polar surface area (TPSA) is 50.4 Å². The summed E-state index contributed by atoms with van der Waals surface area (Å²) in [5.74, 6) is 0.573. The molecular formula is C16H15ClN2O2. The molecule has 0 aromatic heterocycles. The van der Waals surface area contributed by atoms with Gasteiger partial charge in [-0.05, 0) is 42.8 Å². The fourth-order valence-corrected chi connectivity index (χ4v) is 2.47. The molecule has 0 bridgehead atoms. The SMILES string of the molecule is CC(Nc1cccc(Cl)c1)c1ccc2c(c1)NC(=O)CO2. The molecule has 0 saturated heterocycles. The highest BCUT2D eigenvalue weighted by atomic mass is 35.5. The van der Waals surface area contributed by atoms with Crippen molar-refractivity contribution in [2.45, 2.75) is 13.0 Å². The van der Waals surface area contributed by atoms with Gasteiger partial charge in [0, 0.05) is 16.8 Å². The van der Waals surface area contributed by atoms with Gasteiger partial charge >= 0.3 is 0 Å². The zero-order valence-corrected chi connectivity index (χ0v) is 12.3. The van der Waals surface area contributed by atoms with Gasteiger partial charge in [-0.3, -0.25) is 4.79 Å². The molecule has 1 aliphatic heterocycles. The van der Waals surface area contributed by atoms with Gasteiger partial charge in [0.05, 0.1) is 5.69 Å². The molecule has 1 amide bonds. The van der Waals surface area contributed by atoms with E-state index in [-0.39, 0.29) is 18.6 Å². The van der Waals surface area contributed by atoms with Gasteiger partial charge in [-0.1, -0.05) is 23.7 Å². The van der Waals surface area contributed by atoms with Gasteiger partial charge in [0.25, 0.3) is 5.91 Å². The van der Waals surface area contributed by atoms with Crippen LogP contribution in [0.25, 0.3) is 0 Å². The minimum Gasteiger partial charge on any atom is -0.482 e. The van der Waals surface area contributed by atoms with Crippen LogP contribution in [0.4, 0.5) is 11.4 Å². The van der Waals surface area contributed by atoms with Crippen molar-refractivity contribution >= 4 is 28.9 Å². The van der Waals surface area contributed by atoms with Gasteiger partial charge < -0.3 is 15.4 Å². The summed E-state index contributed by atoms with van der Waals surface area (Å²) in [5, 5.41) is 6.89. The Balaban J connectivity index is 1.80. The molecule has 0 spiro atoms. The monoisotopic (exact) mass is 302 g/mol. The lowest BCUT2D eigenvalue weighted by molar-refractivity contribution is -0.118. The molecule has 1 atom stereocenters. The molecule has 1 aliphatic rings. The van der Waals surface area contributed by atoms with Crippen molar-refractivity contribution in [1.82, 2.24) is 0 Å². The van der Waals surface area contributed by atoms with E-state index in [4.69, 9.17) is 16.3 Å². The molecule has 0 saturated carbocycles. The van der Waals surface area contributed by atoms with Crippen LogP contribution in [0.2, 0.25) is 5.02 Å². The minimum atomic E-state index is -0.130. The molecule has 1 unspecified atom stereocenters. The third kappa shape index (κ3) is 3.11.